The number of anilines is 2. The van der Waals surface area contributed by atoms with E-state index >= 15 is 0 Å². The van der Waals surface area contributed by atoms with Gasteiger partial charge in [0.05, 0.1) is 5.69 Å². The molecule has 2 rings (SSSR count). The lowest BCUT2D eigenvalue weighted by Gasteiger charge is -2.30. The summed E-state index contributed by atoms with van der Waals surface area (Å²) in [6, 6.07) is 15.0. The number of amides is 2. The van der Waals surface area contributed by atoms with Crippen LogP contribution in [-0.4, -0.2) is 18.4 Å². The van der Waals surface area contributed by atoms with Crippen LogP contribution in [0.25, 0.3) is 0 Å². The number of carbonyl (C=O) groups excluding carboxylic acids is 2. The molecule has 0 aliphatic rings. The molecule has 0 heterocycles. The minimum Gasteiger partial charge on any atom is -0.323 e. The summed E-state index contributed by atoms with van der Waals surface area (Å²) in [5.74, 6) is -1.43. The van der Waals surface area contributed by atoms with E-state index in [1.807, 2.05) is 37.3 Å². The van der Waals surface area contributed by atoms with Gasteiger partial charge in [0.15, 0.2) is 0 Å². The Morgan fingerprint density at radius 3 is 2.21 bits per heavy atom. The van der Waals surface area contributed by atoms with Crippen molar-refractivity contribution in [3.8, 4) is 0 Å². The third-order valence-electron chi connectivity index (χ3n) is 3.85. The molecule has 24 heavy (non-hydrogen) atoms. The molecule has 0 aliphatic carbocycles. The van der Waals surface area contributed by atoms with Gasteiger partial charge in [0.25, 0.3) is 0 Å². The molecule has 0 saturated carbocycles. The molecule has 0 fully saturated rings. The zero-order valence-electron chi connectivity index (χ0n) is 14.0. The van der Waals surface area contributed by atoms with E-state index in [0.29, 0.717) is 6.54 Å². The molecule has 2 amide bonds. The highest BCUT2D eigenvalue weighted by Crippen LogP contribution is 2.26. The Morgan fingerprint density at radius 2 is 1.62 bits per heavy atom. The van der Waals surface area contributed by atoms with Crippen LogP contribution in [0.3, 0.4) is 0 Å². The zero-order chi connectivity index (χ0) is 17.7. The summed E-state index contributed by atoms with van der Waals surface area (Å²) in [6.07, 6.45) is 0. The number of rotatable bonds is 5. The first-order valence-corrected chi connectivity index (χ1v) is 7.81. The van der Waals surface area contributed by atoms with Gasteiger partial charge in [-0.05, 0) is 45.0 Å². The third-order valence-corrected chi connectivity index (χ3v) is 3.85. The van der Waals surface area contributed by atoms with Crippen LogP contribution in [0.1, 0.15) is 20.8 Å². The van der Waals surface area contributed by atoms with Gasteiger partial charge < -0.3 is 10.2 Å². The van der Waals surface area contributed by atoms with Crippen molar-refractivity contribution in [1.82, 2.24) is 0 Å². The van der Waals surface area contributed by atoms with Crippen molar-refractivity contribution in [3.05, 3.63) is 60.4 Å². The van der Waals surface area contributed by atoms with Crippen LogP contribution in [0.4, 0.5) is 15.8 Å². The van der Waals surface area contributed by atoms with Crippen LogP contribution in [0.15, 0.2) is 54.6 Å². The Kier molecular flexibility index (Phi) is 5.34. The molecular weight excluding hydrogens is 307 g/mol. The van der Waals surface area contributed by atoms with Crippen molar-refractivity contribution in [2.45, 2.75) is 20.8 Å². The maximum absolute atomic E-state index is 13.7. The van der Waals surface area contributed by atoms with Crippen LogP contribution in [0.5, 0.6) is 0 Å². The topological polar surface area (TPSA) is 49.4 Å². The second-order valence-corrected chi connectivity index (χ2v) is 5.94. The molecule has 126 valence electrons. The summed E-state index contributed by atoms with van der Waals surface area (Å²) in [5, 5.41) is 2.50. The lowest BCUT2D eigenvalue weighted by Crippen LogP contribution is -2.47. The molecular formula is C19H21FN2O2. The highest BCUT2D eigenvalue weighted by molar-refractivity contribution is 6.14. The SMILES string of the molecule is CCN(C(=O)C(C)(C)C(=O)Nc1ccccc1F)c1ccccc1. The predicted octanol–water partition coefficient (Wildman–Crippen LogP) is 3.84. The Bertz CT molecular complexity index is 729. The molecule has 0 saturated heterocycles. The monoisotopic (exact) mass is 328 g/mol. The van der Waals surface area contributed by atoms with E-state index in [0.717, 1.165) is 5.69 Å². The summed E-state index contributed by atoms with van der Waals surface area (Å²) in [4.78, 5) is 27.0. The lowest BCUT2D eigenvalue weighted by molar-refractivity contribution is -0.136. The second-order valence-electron chi connectivity index (χ2n) is 5.94. The van der Waals surface area contributed by atoms with E-state index in [-0.39, 0.29) is 11.6 Å². The fourth-order valence-electron chi connectivity index (χ4n) is 2.33. The molecule has 1 N–H and O–H groups in total. The summed E-state index contributed by atoms with van der Waals surface area (Å²) < 4.78 is 13.7. The van der Waals surface area contributed by atoms with Gasteiger partial charge in [0.2, 0.25) is 11.8 Å². The van der Waals surface area contributed by atoms with E-state index in [1.165, 1.54) is 32.0 Å². The van der Waals surface area contributed by atoms with Gasteiger partial charge in [0.1, 0.15) is 11.2 Å². The van der Waals surface area contributed by atoms with Crippen LogP contribution in [0.2, 0.25) is 0 Å². The van der Waals surface area contributed by atoms with Gasteiger partial charge in [-0.15, -0.1) is 0 Å². The van der Waals surface area contributed by atoms with Crippen molar-refractivity contribution in [2.24, 2.45) is 5.41 Å². The summed E-state index contributed by atoms with van der Waals surface area (Å²) in [7, 11) is 0. The fourth-order valence-corrected chi connectivity index (χ4v) is 2.33. The zero-order valence-corrected chi connectivity index (χ0v) is 14.0. The minimum atomic E-state index is -1.34. The summed E-state index contributed by atoms with van der Waals surface area (Å²) >= 11 is 0. The molecule has 0 atom stereocenters. The maximum atomic E-state index is 13.7. The molecule has 0 aliphatic heterocycles. The van der Waals surface area contributed by atoms with E-state index in [1.54, 1.807) is 11.0 Å². The Balaban J connectivity index is 2.23. The number of hydrogen-bond donors (Lipinski definition) is 1. The highest BCUT2D eigenvalue weighted by Gasteiger charge is 2.39. The standard InChI is InChI=1S/C19H21FN2O2/c1-4-22(14-10-6-5-7-11-14)18(24)19(2,3)17(23)21-16-13-9-8-12-15(16)20/h5-13H,4H2,1-3H3,(H,21,23). The molecule has 0 unspecified atom stereocenters. The largest absolute Gasteiger partial charge is 0.323 e. The number of halogens is 1. The van der Waals surface area contributed by atoms with Gasteiger partial charge in [0, 0.05) is 12.2 Å². The third kappa shape index (κ3) is 3.62. The van der Waals surface area contributed by atoms with Crippen molar-refractivity contribution in [3.63, 3.8) is 0 Å². The molecule has 0 spiro atoms. The van der Waals surface area contributed by atoms with Crippen molar-refractivity contribution in [1.29, 1.82) is 0 Å². The van der Waals surface area contributed by atoms with Crippen LogP contribution < -0.4 is 10.2 Å². The normalized spacial score (nSPS) is 11.0. The van der Waals surface area contributed by atoms with Gasteiger partial charge in [-0.3, -0.25) is 9.59 Å². The molecule has 4 nitrogen and oxygen atoms in total. The Labute approximate surface area is 141 Å². The molecule has 2 aromatic carbocycles. The van der Waals surface area contributed by atoms with Gasteiger partial charge in [-0.1, -0.05) is 30.3 Å². The fraction of sp³-hybridized carbons (Fsp3) is 0.263. The van der Waals surface area contributed by atoms with E-state index < -0.39 is 17.1 Å². The smallest absolute Gasteiger partial charge is 0.242 e. The molecule has 5 heteroatoms. The number of nitrogens with one attached hydrogen (secondary N) is 1. The summed E-state index contributed by atoms with van der Waals surface area (Å²) in [6.45, 7) is 5.35. The van der Waals surface area contributed by atoms with E-state index in [2.05, 4.69) is 5.32 Å². The Morgan fingerprint density at radius 1 is 1.04 bits per heavy atom. The average Bonchev–Trinajstić information content (AvgIpc) is 2.58. The molecule has 2 aromatic rings. The van der Waals surface area contributed by atoms with Gasteiger partial charge in [-0.2, -0.15) is 0 Å². The number of para-hydroxylation sites is 2. The molecule has 0 radical (unpaired) electrons. The quantitative estimate of drug-likeness (QED) is 0.848. The van der Waals surface area contributed by atoms with Gasteiger partial charge >= 0.3 is 0 Å². The minimum absolute atomic E-state index is 0.0612. The van der Waals surface area contributed by atoms with E-state index in [9.17, 15) is 14.0 Å². The van der Waals surface area contributed by atoms with Gasteiger partial charge in [-0.25, -0.2) is 4.39 Å². The predicted molar refractivity (Wildman–Crippen MR) is 93.3 cm³/mol. The maximum Gasteiger partial charge on any atom is 0.242 e. The summed E-state index contributed by atoms with van der Waals surface area (Å²) in [5.41, 5.74) is -0.559. The number of carbonyl (C=O) groups is 2. The first-order chi connectivity index (χ1) is 11.4. The second kappa shape index (κ2) is 7.25. The first kappa shape index (κ1) is 17.7. The number of benzene rings is 2. The average molecular weight is 328 g/mol. The number of nitrogens with zero attached hydrogens (tertiary/aromatic N) is 1. The van der Waals surface area contributed by atoms with Crippen LogP contribution >= 0.6 is 0 Å². The van der Waals surface area contributed by atoms with Crippen molar-refractivity contribution < 1.29 is 14.0 Å². The lowest BCUT2D eigenvalue weighted by atomic mass is 9.89. The van der Waals surface area contributed by atoms with E-state index in [4.69, 9.17) is 0 Å². The Hall–Kier alpha value is -2.69. The highest BCUT2D eigenvalue weighted by atomic mass is 19.1. The van der Waals surface area contributed by atoms with Crippen molar-refractivity contribution >= 4 is 23.2 Å². The first-order valence-electron chi connectivity index (χ1n) is 7.81. The molecule has 0 bridgehead atoms. The molecule has 0 aromatic heterocycles. The van der Waals surface area contributed by atoms with Crippen LogP contribution in [-0.2, 0) is 9.59 Å². The van der Waals surface area contributed by atoms with Crippen LogP contribution in [0, 0.1) is 11.2 Å². The van der Waals surface area contributed by atoms with Crippen molar-refractivity contribution in [2.75, 3.05) is 16.8 Å². The number of hydrogen-bond acceptors (Lipinski definition) is 2.